The molecule has 0 aromatic rings. The van der Waals surface area contributed by atoms with Crippen molar-refractivity contribution < 1.29 is 38.2 Å². The first-order valence-electron chi connectivity index (χ1n) is 8.08. The molecule has 0 fully saturated rings. The molecule has 12 heteroatoms. The van der Waals surface area contributed by atoms with Crippen LogP contribution in [0.3, 0.4) is 0 Å². The van der Waals surface area contributed by atoms with Crippen molar-refractivity contribution in [2.75, 3.05) is 25.7 Å². The fraction of sp³-hybridized carbons (Fsp3) is 0.625. The maximum absolute atomic E-state index is 11.8. The fourth-order valence-electron chi connectivity index (χ4n) is 1.80. The zero-order valence-corrected chi connectivity index (χ0v) is 17.7. The van der Waals surface area contributed by atoms with Crippen LogP contribution in [0, 0.1) is 0 Å². The molecule has 10 nitrogen and oxygen atoms in total. The van der Waals surface area contributed by atoms with Crippen molar-refractivity contribution in [1.29, 1.82) is 0 Å². The molecule has 0 saturated carbocycles. The number of ketones is 2. The van der Waals surface area contributed by atoms with Crippen molar-refractivity contribution in [1.82, 2.24) is 10.6 Å². The summed E-state index contributed by atoms with van der Waals surface area (Å²) >= 11 is 0. The van der Waals surface area contributed by atoms with Crippen LogP contribution < -0.4 is 10.6 Å². The van der Waals surface area contributed by atoms with E-state index < -0.39 is 35.8 Å². The summed E-state index contributed by atoms with van der Waals surface area (Å²) in [5.41, 5.74) is 0. The number of hydrogen-bond acceptors (Lipinski definition) is 10. The third kappa shape index (κ3) is 11.6. The Morgan fingerprint density at radius 1 is 0.714 bits per heavy atom. The van der Waals surface area contributed by atoms with Gasteiger partial charge in [0.05, 0.1) is 27.1 Å². The van der Waals surface area contributed by atoms with Crippen LogP contribution in [0.1, 0.15) is 26.7 Å². The van der Waals surface area contributed by atoms with Crippen LogP contribution in [0.5, 0.6) is 0 Å². The second-order valence-corrected chi connectivity index (χ2v) is 8.17. The molecule has 2 N–H and O–H groups in total. The van der Waals surface area contributed by atoms with Crippen molar-refractivity contribution in [3.63, 3.8) is 0 Å². The van der Waals surface area contributed by atoms with E-state index in [0.717, 1.165) is 21.6 Å². The van der Waals surface area contributed by atoms with E-state index in [9.17, 15) is 28.8 Å². The molecule has 28 heavy (non-hydrogen) atoms. The zero-order valence-electron chi connectivity index (χ0n) is 16.1. The van der Waals surface area contributed by atoms with E-state index >= 15 is 0 Å². The van der Waals surface area contributed by atoms with Gasteiger partial charge in [-0.05, 0) is 13.8 Å². The van der Waals surface area contributed by atoms with Crippen LogP contribution in [0.15, 0.2) is 0 Å². The number of carbonyl (C=O) groups excluding carboxylic acids is 6. The number of amides is 2. The summed E-state index contributed by atoms with van der Waals surface area (Å²) in [6.07, 6.45) is -0.699. The van der Waals surface area contributed by atoms with Gasteiger partial charge in [-0.25, -0.2) is 9.59 Å². The number of hydrogen-bond donors (Lipinski definition) is 2. The number of Topliss-reactive ketones (excluding diaryl/α,β-unsaturated/α-hetero) is 2. The highest BCUT2D eigenvalue weighted by molar-refractivity contribution is 8.76. The standard InChI is InChI=1S/C16H24N2O8S2/c1-9(19)5-13(21)17-11(15(23)25-3)7-27-28-8-12(16(24)26-4)18-14(22)6-10(2)20/h11-12H,5-8H2,1-4H3,(H,17,21)(H,18,22)/t11-,12-/m0/s1. The van der Waals surface area contributed by atoms with E-state index in [1.807, 2.05) is 0 Å². The van der Waals surface area contributed by atoms with E-state index in [1.165, 1.54) is 28.1 Å². The third-order valence-corrected chi connectivity index (χ3v) is 5.44. The molecular weight excluding hydrogens is 412 g/mol. The van der Waals surface area contributed by atoms with Crippen LogP contribution in [0.4, 0.5) is 0 Å². The maximum Gasteiger partial charge on any atom is 0.329 e. The van der Waals surface area contributed by atoms with Gasteiger partial charge in [0.1, 0.15) is 23.7 Å². The lowest BCUT2D eigenvalue weighted by molar-refractivity contribution is -0.145. The fourth-order valence-corrected chi connectivity index (χ4v) is 4.09. The summed E-state index contributed by atoms with van der Waals surface area (Å²) < 4.78 is 9.23. The molecule has 0 aliphatic carbocycles. The van der Waals surface area contributed by atoms with Gasteiger partial charge in [0.25, 0.3) is 0 Å². The van der Waals surface area contributed by atoms with Gasteiger partial charge in [0, 0.05) is 11.5 Å². The molecular formula is C16H24N2O8S2. The summed E-state index contributed by atoms with van der Waals surface area (Å²) in [5, 5.41) is 4.82. The molecule has 0 unspecified atom stereocenters. The first-order valence-corrected chi connectivity index (χ1v) is 10.6. The Kier molecular flexibility index (Phi) is 13.0. The Hall–Kier alpha value is -2.08. The Morgan fingerprint density at radius 3 is 1.29 bits per heavy atom. The zero-order chi connectivity index (χ0) is 21.7. The molecule has 0 aliphatic heterocycles. The molecule has 0 radical (unpaired) electrons. The van der Waals surface area contributed by atoms with E-state index in [1.54, 1.807) is 0 Å². The molecule has 158 valence electrons. The number of esters is 2. The molecule has 0 rings (SSSR count). The van der Waals surface area contributed by atoms with Gasteiger partial charge < -0.3 is 20.1 Å². The van der Waals surface area contributed by atoms with Gasteiger partial charge in [-0.15, -0.1) is 0 Å². The minimum absolute atomic E-state index is 0.107. The lowest BCUT2D eigenvalue weighted by Crippen LogP contribution is -2.44. The summed E-state index contributed by atoms with van der Waals surface area (Å²) in [5.74, 6) is -3.02. The van der Waals surface area contributed by atoms with Crippen molar-refractivity contribution in [2.45, 2.75) is 38.8 Å². The Balaban J connectivity index is 4.64. The van der Waals surface area contributed by atoms with Gasteiger partial charge in [0.2, 0.25) is 11.8 Å². The maximum atomic E-state index is 11.8. The van der Waals surface area contributed by atoms with Crippen molar-refractivity contribution in [2.24, 2.45) is 0 Å². The molecule has 2 amide bonds. The normalized spacial score (nSPS) is 12.3. The molecule has 2 atom stereocenters. The molecule has 0 heterocycles. The van der Waals surface area contributed by atoms with Gasteiger partial charge >= 0.3 is 11.9 Å². The average molecular weight is 437 g/mol. The number of rotatable bonds is 13. The van der Waals surface area contributed by atoms with E-state index in [4.69, 9.17) is 0 Å². The topological polar surface area (TPSA) is 145 Å². The second-order valence-electron chi connectivity index (χ2n) is 5.61. The minimum atomic E-state index is -0.974. The van der Waals surface area contributed by atoms with Gasteiger partial charge in [-0.1, -0.05) is 21.6 Å². The first kappa shape index (κ1) is 25.9. The molecule has 0 aromatic carbocycles. The highest BCUT2D eigenvalue weighted by Crippen LogP contribution is 2.23. The molecule has 0 bridgehead atoms. The largest absolute Gasteiger partial charge is 0.467 e. The van der Waals surface area contributed by atoms with E-state index in [2.05, 4.69) is 20.1 Å². The molecule has 0 aromatic heterocycles. The Morgan fingerprint density at radius 2 is 1.04 bits per heavy atom. The smallest absolute Gasteiger partial charge is 0.329 e. The molecule has 0 saturated heterocycles. The lowest BCUT2D eigenvalue weighted by atomic mass is 10.2. The van der Waals surface area contributed by atoms with Crippen molar-refractivity contribution >= 4 is 56.9 Å². The second kappa shape index (κ2) is 14.0. The number of nitrogens with one attached hydrogen (secondary N) is 2. The predicted molar refractivity (Wildman–Crippen MR) is 103 cm³/mol. The van der Waals surface area contributed by atoms with Gasteiger partial charge in [-0.2, -0.15) is 0 Å². The Labute approximate surface area is 170 Å². The first-order chi connectivity index (χ1) is 13.1. The molecule has 0 aliphatic rings. The van der Waals surface area contributed by atoms with Crippen LogP contribution in [-0.2, 0) is 38.2 Å². The monoisotopic (exact) mass is 436 g/mol. The number of methoxy groups -OCH3 is 2. The Bertz CT molecular complexity index is 559. The summed E-state index contributed by atoms with van der Waals surface area (Å²) in [6.45, 7) is 2.51. The predicted octanol–water partition coefficient (Wildman–Crippen LogP) is -0.358. The molecule has 0 spiro atoms. The third-order valence-electron chi connectivity index (χ3n) is 3.01. The van der Waals surface area contributed by atoms with Gasteiger partial charge in [-0.3, -0.25) is 19.2 Å². The van der Waals surface area contributed by atoms with Crippen LogP contribution in [-0.4, -0.2) is 73.1 Å². The van der Waals surface area contributed by atoms with Crippen LogP contribution in [0.25, 0.3) is 0 Å². The van der Waals surface area contributed by atoms with Gasteiger partial charge in [0.15, 0.2) is 0 Å². The van der Waals surface area contributed by atoms with Crippen molar-refractivity contribution in [3.05, 3.63) is 0 Å². The highest BCUT2D eigenvalue weighted by atomic mass is 33.1. The quantitative estimate of drug-likeness (QED) is 0.170. The average Bonchev–Trinajstić information content (AvgIpc) is 2.60. The summed E-state index contributed by atoms with van der Waals surface area (Å²) in [7, 11) is 4.64. The van der Waals surface area contributed by atoms with Crippen molar-refractivity contribution in [3.8, 4) is 0 Å². The number of carbonyl (C=O) groups is 6. The lowest BCUT2D eigenvalue weighted by Gasteiger charge is -2.17. The SMILES string of the molecule is COC(=O)[C@H](CSSC[C@H](NC(=O)CC(C)=O)C(=O)OC)NC(=O)CC(C)=O. The minimum Gasteiger partial charge on any atom is -0.467 e. The summed E-state index contributed by atoms with van der Waals surface area (Å²) in [4.78, 5) is 68.8. The van der Waals surface area contributed by atoms with E-state index in [-0.39, 0.29) is 35.9 Å². The summed E-state index contributed by atoms with van der Waals surface area (Å²) in [6, 6.07) is -1.95. The highest BCUT2D eigenvalue weighted by Gasteiger charge is 2.25. The van der Waals surface area contributed by atoms with E-state index in [0.29, 0.717) is 0 Å². The van der Waals surface area contributed by atoms with Crippen LogP contribution in [0.2, 0.25) is 0 Å². The van der Waals surface area contributed by atoms with Crippen LogP contribution >= 0.6 is 21.6 Å². The number of ether oxygens (including phenoxy) is 2.